The smallest absolute Gasteiger partial charge is 0.261 e. The second-order valence-corrected chi connectivity index (χ2v) is 5.46. The molecule has 1 aliphatic rings. The molecular weight excluding hydrogens is 220 g/mol. The van der Waals surface area contributed by atoms with E-state index < -0.39 is 0 Å². The molecule has 0 fully saturated rings. The monoisotopic (exact) mass is 238 g/mol. The Kier molecular flexibility index (Phi) is 3.61. The predicted octanol–water partition coefficient (Wildman–Crippen LogP) is 2.27. The lowest BCUT2D eigenvalue weighted by Crippen LogP contribution is -2.31. The first-order valence-corrected chi connectivity index (χ1v) is 6.65. The van der Waals surface area contributed by atoms with Crippen molar-refractivity contribution in [1.82, 2.24) is 10.6 Å². The molecule has 1 aliphatic heterocycles. The number of amides is 1. The zero-order valence-corrected chi connectivity index (χ0v) is 10.6. The van der Waals surface area contributed by atoms with Crippen molar-refractivity contribution in [2.24, 2.45) is 0 Å². The molecule has 0 bridgehead atoms. The summed E-state index contributed by atoms with van der Waals surface area (Å²) < 4.78 is 0. The van der Waals surface area contributed by atoms with Crippen LogP contribution in [-0.2, 0) is 13.1 Å². The summed E-state index contributed by atoms with van der Waals surface area (Å²) in [5.74, 6) is 0.0837. The molecule has 0 spiro atoms. The molecule has 2 rings (SSSR count). The van der Waals surface area contributed by atoms with E-state index in [2.05, 4.69) is 24.5 Å². The van der Waals surface area contributed by atoms with Crippen LogP contribution in [0.4, 0.5) is 0 Å². The van der Waals surface area contributed by atoms with Gasteiger partial charge < -0.3 is 10.6 Å². The molecule has 16 heavy (non-hydrogen) atoms. The molecule has 0 saturated carbocycles. The molecule has 88 valence electrons. The van der Waals surface area contributed by atoms with Crippen molar-refractivity contribution < 1.29 is 4.79 Å². The number of thiophene rings is 1. The van der Waals surface area contributed by atoms with Crippen molar-refractivity contribution in [3.05, 3.63) is 21.4 Å². The first-order valence-electron chi connectivity index (χ1n) is 5.84. The maximum Gasteiger partial charge on any atom is 0.261 e. The molecule has 0 radical (unpaired) electrons. The zero-order valence-electron chi connectivity index (χ0n) is 9.80. The molecular formula is C12H18N2OS. The maximum atomic E-state index is 11.9. The van der Waals surface area contributed by atoms with Gasteiger partial charge in [0, 0.05) is 24.0 Å². The maximum absolute atomic E-state index is 11.9. The van der Waals surface area contributed by atoms with E-state index in [-0.39, 0.29) is 11.9 Å². The van der Waals surface area contributed by atoms with E-state index in [1.54, 1.807) is 11.3 Å². The van der Waals surface area contributed by atoms with E-state index in [1.165, 1.54) is 10.4 Å². The third-order valence-corrected chi connectivity index (χ3v) is 4.00. The van der Waals surface area contributed by atoms with E-state index in [0.29, 0.717) is 0 Å². The molecule has 0 aliphatic carbocycles. The van der Waals surface area contributed by atoms with E-state index in [0.717, 1.165) is 30.8 Å². The number of carbonyl (C=O) groups is 1. The number of hydrogen-bond acceptors (Lipinski definition) is 3. The first kappa shape index (κ1) is 11.6. The van der Waals surface area contributed by atoms with Crippen LogP contribution in [0.1, 0.15) is 46.8 Å². The van der Waals surface area contributed by atoms with Gasteiger partial charge >= 0.3 is 0 Å². The van der Waals surface area contributed by atoms with Gasteiger partial charge in [-0.15, -0.1) is 11.3 Å². The highest BCUT2D eigenvalue weighted by Crippen LogP contribution is 2.26. The molecule has 1 aromatic rings. The minimum absolute atomic E-state index is 0.0837. The van der Waals surface area contributed by atoms with Crippen molar-refractivity contribution >= 4 is 17.2 Å². The van der Waals surface area contributed by atoms with Crippen molar-refractivity contribution in [2.75, 3.05) is 0 Å². The van der Waals surface area contributed by atoms with Gasteiger partial charge in [0.1, 0.15) is 0 Å². The molecule has 0 aromatic carbocycles. The Labute approximate surface area is 100 Å². The van der Waals surface area contributed by atoms with Crippen LogP contribution < -0.4 is 10.6 Å². The van der Waals surface area contributed by atoms with E-state index in [9.17, 15) is 4.79 Å². The third-order valence-electron chi connectivity index (χ3n) is 2.82. The fraction of sp³-hybridized carbons (Fsp3) is 0.583. The summed E-state index contributed by atoms with van der Waals surface area (Å²) >= 11 is 1.62. The summed E-state index contributed by atoms with van der Waals surface area (Å²) in [6.07, 6.45) is 2.14. The van der Waals surface area contributed by atoms with Crippen LogP contribution >= 0.6 is 11.3 Å². The van der Waals surface area contributed by atoms with Crippen molar-refractivity contribution in [3.8, 4) is 0 Å². The highest BCUT2D eigenvalue weighted by molar-refractivity contribution is 7.14. The second kappa shape index (κ2) is 4.97. The predicted molar refractivity (Wildman–Crippen MR) is 66.7 cm³/mol. The van der Waals surface area contributed by atoms with E-state index in [1.807, 2.05) is 6.07 Å². The van der Waals surface area contributed by atoms with Crippen LogP contribution in [0.3, 0.4) is 0 Å². The van der Waals surface area contributed by atoms with Gasteiger partial charge in [-0.2, -0.15) is 0 Å². The molecule has 0 saturated heterocycles. The summed E-state index contributed by atoms with van der Waals surface area (Å²) in [4.78, 5) is 14.1. The number of rotatable bonds is 4. The average Bonchev–Trinajstić information content (AvgIpc) is 2.76. The Morgan fingerprint density at radius 1 is 1.62 bits per heavy atom. The fourth-order valence-electron chi connectivity index (χ4n) is 1.99. The molecule has 4 heteroatoms. The van der Waals surface area contributed by atoms with Crippen molar-refractivity contribution in [3.63, 3.8) is 0 Å². The van der Waals surface area contributed by atoms with Gasteiger partial charge in [-0.05, 0) is 25.0 Å². The number of hydrogen-bond donors (Lipinski definition) is 2. The Morgan fingerprint density at radius 2 is 2.44 bits per heavy atom. The second-order valence-electron chi connectivity index (χ2n) is 4.33. The number of carbonyl (C=O) groups excluding carboxylic acids is 1. The van der Waals surface area contributed by atoms with Crippen LogP contribution in [0.15, 0.2) is 6.07 Å². The Morgan fingerprint density at radius 3 is 3.12 bits per heavy atom. The van der Waals surface area contributed by atoms with Gasteiger partial charge in [-0.25, -0.2) is 0 Å². The number of nitrogens with one attached hydrogen (secondary N) is 2. The molecule has 1 amide bonds. The number of fused-ring (bicyclic) bond motifs is 1. The fourth-order valence-corrected chi connectivity index (χ4v) is 3.04. The lowest BCUT2D eigenvalue weighted by molar-refractivity contribution is 0.0942. The minimum Gasteiger partial charge on any atom is -0.349 e. The van der Waals surface area contributed by atoms with Crippen LogP contribution in [0.5, 0.6) is 0 Å². The van der Waals surface area contributed by atoms with Gasteiger partial charge in [-0.3, -0.25) is 4.79 Å². The minimum atomic E-state index is 0.0837. The summed E-state index contributed by atoms with van der Waals surface area (Å²) in [7, 11) is 0. The van der Waals surface area contributed by atoms with Crippen LogP contribution in [-0.4, -0.2) is 11.9 Å². The lowest BCUT2D eigenvalue weighted by atomic mass is 10.2. The van der Waals surface area contributed by atoms with Gasteiger partial charge in [0.05, 0.1) is 4.88 Å². The average molecular weight is 238 g/mol. The molecule has 3 nitrogen and oxygen atoms in total. The largest absolute Gasteiger partial charge is 0.349 e. The van der Waals surface area contributed by atoms with Gasteiger partial charge in [0.2, 0.25) is 0 Å². The SMILES string of the molecule is CCCC(C)NC(=O)c1cc2c(s1)CNC2. The van der Waals surface area contributed by atoms with Crippen molar-refractivity contribution in [2.45, 2.75) is 45.8 Å². The van der Waals surface area contributed by atoms with E-state index in [4.69, 9.17) is 0 Å². The summed E-state index contributed by atoms with van der Waals surface area (Å²) in [5.41, 5.74) is 1.29. The molecule has 1 unspecified atom stereocenters. The highest BCUT2D eigenvalue weighted by atomic mass is 32.1. The van der Waals surface area contributed by atoms with Gasteiger partial charge in [0.15, 0.2) is 0 Å². The quantitative estimate of drug-likeness (QED) is 0.845. The zero-order chi connectivity index (χ0) is 11.5. The van der Waals surface area contributed by atoms with Crippen LogP contribution in [0.25, 0.3) is 0 Å². The topological polar surface area (TPSA) is 41.1 Å². The first-order chi connectivity index (χ1) is 7.70. The molecule has 1 aromatic heterocycles. The summed E-state index contributed by atoms with van der Waals surface area (Å²) in [6.45, 7) is 6.01. The highest BCUT2D eigenvalue weighted by Gasteiger charge is 2.18. The Hall–Kier alpha value is -0.870. The third kappa shape index (κ3) is 2.44. The Balaban J connectivity index is 1.98. The summed E-state index contributed by atoms with van der Waals surface area (Å²) in [5, 5.41) is 6.31. The molecule has 2 N–H and O–H groups in total. The molecule has 1 atom stereocenters. The normalized spacial score (nSPS) is 15.9. The lowest BCUT2D eigenvalue weighted by Gasteiger charge is -2.11. The Bertz CT molecular complexity index is 365. The standard InChI is InChI=1S/C12H18N2OS/c1-3-4-8(2)14-12(15)10-5-9-6-13-7-11(9)16-10/h5,8,13H,3-4,6-7H2,1-2H3,(H,14,15). The van der Waals surface area contributed by atoms with E-state index >= 15 is 0 Å². The van der Waals surface area contributed by atoms with Crippen molar-refractivity contribution in [1.29, 1.82) is 0 Å². The van der Waals surface area contributed by atoms with Gasteiger partial charge in [-0.1, -0.05) is 13.3 Å². The van der Waals surface area contributed by atoms with Crippen LogP contribution in [0, 0.1) is 0 Å². The van der Waals surface area contributed by atoms with Gasteiger partial charge in [0.25, 0.3) is 5.91 Å². The molecule has 2 heterocycles. The van der Waals surface area contributed by atoms with Crippen LogP contribution in [0.2, 0.25) is 0 Å². The summed E-state index contributed by atoms with van der Waals surface area (Å²) in [6, 6.07) is 2.29.